The number of phosphoric acid groups is 2. The first-order chi connectivity index (χ1) is 4.00. The maximum absolute atomic E-state index is 8.88. The predicted octanol–water partition coefficient (Wildman–Crippen LogP) is -3.82. The summed E-state index contributed by atoms with van der Waals surface area (Å²) >= 11 is 0. The molecule has 0 radical (unpaired) electrons. The van der Waals surface area contributed by atoms with E-state index in [4.69, 9.17) is 38.5 Å². The van der Waals surface area contributed by atoms with E-state index in [9.17, 15) is 0 Å². The summed E-state index contributed by atoms with van der Waals surface area (Å²) in [5, 5.41) is 0. The van der Waals surface area contributed by atoms with E-state index in [1.165, 1.54) is 0 Å². The zero-order valence-electron chi connectivity index (χ0n) is 10.8. The van der Waals surface area contributed by atoms with Gasteiger partial charge >= 0.3 is 91.1 Å². The Labute approximate surface area is 144 Å². The molecule has 14 heteroatoms. The average molecular weight is 316 g/mol. The van der Waals surface area contributed by atoms with Crippen molar-refractivity contribution in [3.63, 3.8) is 0 Å². The maximum Gasteiger partial charge on any atom is 2.00 e. The van der Waals surface area contributed by atoms with Crippen LogP contribution in [0.2, 0.25) is 0 Å². The Morgan fingerprint density at radius 2 is 0.643 bits per heavy atom. The summed E-state index contributed by atoms with van der Waals surface area (Å²) in [5.41, 5.74) is 0. The van der Waals surface area contributed by atoms with Crippen LogP contribution in [-0.4, -0.2) is 116 Å². The molecule has 0 aliphatic carbocycles. The Bertz CT molecular complexity index is 142. The van der Waals surface area contributed by atoms with E-state index < -0.39 is 15.6 Å². The monoisotopic (exact) mass is 316 g/mol. The van der Waals surface area contributed by atoms with Crippen LogP contribution in [0.3, 0.4) is 0 Å². The van der Waals surface area contributed by atoms with Crippen molar-refractivity contribution in [2.24, 2.45) is 0 Å². The van der Waals surface area contributed by atoms with E-state index in [1.54, 1.807) is 0 Å². The average Bonchev–Trinajstić information content (AvgIpc) is 1.12. The van der Waals surface area contributed by atoms with E-state index in [1.807, 2.05) is 0 Å². The minimum Gasteiger partial charge on any atom is -1.00 e. The van der Waals surface area contributed by atoms with Crippen LogP contribution in [0.25, 0.3) is 0 Å². The molecule has 10 nitrogen and oxygen atoms in total. The normalized spacial score (nSPS) is 8.43. The number of rotatable bonds is 0. The minimum absolute atomic E-state index is 0. The summed E-state index contributed by atoms with van der Waals surface area (Å²) in [7, 11) is -9.28. The molecule has 0 saturated heterocycles. The largest absolute Gasteiger partial charge is 2.00 e. The first kappa shape index (κ1) is 36.0. The van der Waals surface area contributed by atoms with E-state index in [-0.39, 0.29) is 92.1 Å². The molecule has 0 unspecified atom stereocenters. The molecule has 0 fully saturated rings. The van der Waals surface area contributed by atoms with Crippen molar-refractivity contribution in [1.29, 1.82) is 0 Å². The summed E-state index contributed by atoms with van der Waals surface area (Å²) in [6.45, 7) is 0. The van der Waals surface area contributed by atoms with Gasteiger partial charge < -0.3 is 46.0 Å². The van der Waals surface area contributed by atoms with Gasteiger partial charge in [0, 0.05) is 0 Å². The van der Waals surface area contributed by atoms with Crippen LogP contribution in [0.1, 0.15) is 5.71 Å². The number of hydrogen-bond donors (Lipinski definition) is 6. The van der Waals surface area contributed by atoms with Gasteiger partial charge in [0.1, 0.15) is 0 Å². The Balaban J connectivity index is -0.00000000615. The van der Waals surface area contributed by atoms with Crippen LogP contribution in [-0.2, 0) is 9.13 Å². The van der Waals surface area contributed by atoms with Gasteiger partial charge in [0.25, 0.3) is 0 Å². The molecule has 0 spiro atoms. The summed E-state index contributed by atoms with van der Waals surface area (Å²) in [4.78, 5) is 43.1. The quantitative estimate of drug-likeness (QED) is 0.191. The molecule has 10 N–H and O–H groups in total. The topological polar surface area (TPSA) is 219 Å². The third-order valence-electron chi connectivity index (χ3n) is 0. The smallest absolute Gasteiger partial charge is 1.00 e. The van der Waals surface area contributed by atoms with Gasteiger partial charge in [-0.25, -0.2) is 9.13 Å². The van der Waals surface area contributed by atoms with Crippen molar-refractivity contribution in [1.82, 2.24) is 0 Å². The van der Waals surface area contributed by atoms with Crippen molar-refractivity contribution in [2.45, 2.75) is 0 Å². The fourth-order valence-corrected chi connectivity index (χ4v) is 0. The third kappa shape index (κ3) is 387. The van der Waals surface area contributed by atoms with Crippen LogP contribution < -0.4 is 0 Å². The zero-order valence-corrected chi connectivity index (χ0v) is 13.0. The Morgan fingerprint density at radius 1 is 0.643 bits per heavy atom. The molecular formula is H14Ca2O10P2. The number of hydrogen-bond acceptors (Lipinski definition) is 2. The van der Waals surface area contributed by atoms with Crippen LogP contribution in [0.5, 0.6) is 0 Å². The van der Waals surface area contributed by atoms with Crippen molar-refractivity contribution >= 4 is 91.1 Å². The molecule has 0 heterocycles. The van der Waals surface area contributed by atoms with Crippen LogP contribution >= 0.6 is 15.6 Å². The van der Waals surface area contributed by atoms with Crippen LogP contribution in [0, 0.1) is 0 Å². The molecule has 0 aromatic carbocycles. The van der Waals surface area contributed by atoms with Crippen LogP contribution in [0.15, 0.2) is 0 Å². The fourth-order valence-electron chi connectivity index (χ4n) is 0. The first-order valence-electron chi connectivity index (χ1n) is 1.57. The molecule has 0 aliphatic rings. The summed E-state index contributed by atoms with van der Waals surface area (Å²) in [6.07, 6.45) is 0. The van der Waals surface area contributed by atoms with Gasteiger partial charge in [-0.1, -0.05) is 0 Å². The second-order valence-electron chi connectivity index (χ2n) is 1.03. The molecule has 0 rings (SSSR count). The molecule has 0 amide bonds. The van der Waals surface area contributed by atoms with Gasteiger partial charge in [-0.15, -0.1) is 0 Å². The molecule has 0 atom stereocenters. The summed E-state index contributed by atoms with van der Waals surface area (Å²) in [6, 6.07) is 0. The minimum atomic E-state index is -4.64. The molecule has 0 aromatic rings. The second kappa shape index (κ2) is 15.7. The van der Waals surface area contributed by atoms with Crippen molar-refractivity contribution in [2.75, 3.05) is 0 Å². The van der Waals surface area contributed by atoms with Crippen molar-refractivity contribution < 1.29 is 55.1 Å². The molecular weight excluding hydrogens is 302 g/mol. The van der Waals surface area contributed by atoms with E-state index in [0.717, 1.165) is 0 Å². The van der Waals surface area contributed by atoms with Crippen molar-refractivity contribution in [3.8, 4) is 0 Å². The summed E-state index contributed by atoms with van der Waals surface area (Å²) in [5.74, 6) is 0. The Kier molecular flexibility index (Phi) is 40.2. The van der Waals surface area contributed by atoms with E-state index >= 15 is 0 Å². The SMILES string of the molecule is O.O.O=P(O)(O)O.O=P(O)(O)O.[Ca+2].[Ca+2].[H-].[H-].[H-].[H-]. The third-order valence-corrected chi connectivity index (χ3v) is 0. The first-order valence-corrected chi connectivity index (χ1v) is 4.70. The maximum atomic E-state index is 8.88. The Hall–Kier alpha value is 2.66. The van der Waals surface area contributed by atoms with Gasteiger partial charge in [-0.3, -0.25) is 0 Å². The predicted molar refractivity (Wildman–Crippen MR) is 51.7 cm³/mol. The summed E-state index contributed by atoms with van der Waals surface area (Å²) < 4.78 is 17.8. The van der Waals surface area contributed by atoms with Gasteiger partial charge in [0.05, 0.1) is 0 Å². The zero-order chi connectivity index (χ0) is 9.00. The van der Waals surface area contributed by atoms with Gasteiger partial charge in [0.2, 0.25) is 0 Å². The van der Waals surface area contributed by atoms with Crippen molar-refractivity contribution in [3.05, 3.63) is 0 Å². The van der Waals surface area contributed by atoms with Crippen LogP contribution in [0.4, 0.5) is 0 Å². The Morgan fingerprint density at radius 3 is 0.643 bits per heavy atom. The molecule has 88 valence electrons. The van der Waals surface area contributed by atoms with E-state index in [2.05, 4.69) is 0 Å². The molecule has 0 bridgehead atoms. The fraction of sp³-hybridized carbons (Fsp3) is 0. The molecule has 0 aromatic heterocycles. The molecule has 0 saturated carbocycles. The molecule has 14 heavy (non-hydrogen) atoms. The second-order valence-corrected chi connectivity index (χ2v) is 3.08. The van der Waals surface area contributed by atoms with E-state index in [0.29, 0.717) is 0 Å². The van der Waals surface area contributed by atoms with Gasteiger partial charge in [-0.2, -0.15) is 0 Å². The van der Waals surface area contributed by atoms with Gasteiger partial charge in [-0.05, 0) is 0 Å². The standard InChI is InChI=1S/2Ca.2H3O4P.2H2O.4H/c;;2*1-5(2,3)4;;;;;;/h;;2*(H3,1,2,3,4);2*1H2;;;;/q2*+2;;;;;4*-1. The molecule has 0 aliphatic heterocycles. The van der Waals surface area contributed by atoms with Gasteiger partial charge in [0.15, 0.2) is 0 Å².